The molecule has 1 rings (SSSR count). The molecule has 0 heterocycles. The highest BCUT2D eigenvalue weighted by molar-refractivity contribution is 7.79. The Balaban J connectivity index is 2.88. The lowest BCUT2D eigenvalue weighted by Crippen LogP contribution is -2.20. The van der Waals surface area contributed by atoms with Crippen molar-refractivity contribution < 1.29 is 13.9 Å². The van der Waals surface area contributed by atoms with Crippen molar-refractivity contribution in [1.82, 2.24) is 0 Å². The summed E-state index contributed by atoms with van der Waals surface area (Å²) in [6, 6.07) is 8.12. The number of hydrogen-bond donors (Lipinski definition) is 1. The highest BCUT2D eigenvalue weighted by Crippen LogP contribution is 2.19. The van der Waals surface area contributed by atoms with Crippen LogP contribution in [0.2, 0.25) is 0 Å². The molecule has 4 nitrogen and oxygen atoms in total. The maximum atomic E-state index is 10.6. The molecule has 3 atom stereocenters. The Hall–Kier alpha value is -1.22. The molecule has 1 aromatic carbocycles. The van der Waals surface area contributed by atoms with Gasteiger partial charge in [0.05, 0.1) is 17.7 Å². The first-order valence-electron chi connectivity index (χ1n) is 4.32. The van der Waals surface area contributed by atoms with E-state index < -0.39 is 22.4 Å². The van der Waals surface area contributed by atoms with Crippen LogP contribution in [0.1, 0.15) is 24.2 Å². The molecule has 0 bridgehead atoms. The van der Waals surface area contributed by atoms with Gasteiger partial charge in [0.15, 0.2) is 0 Å². The van der Waals surface area contributed by atoms with Gasteiger partial charge >= 0.3 is 0 Å². The minimum absolute atomic E-state index is 0.474. The molecule has 0 spiro atoms. The highest BCUT2D eigenvalue weighted by Gasteiger charge is 2.16. The average Bonchev–Trinajstić information content (AvgIpc) is 2.27. The number of rotatable bonds is 3. The van der Waals surface area contributed by atoms with Crippen LogP contribution in [0.5, 0.6) is 0 Å². The van der Waals surface area contributed by atoms with Crippen molar-refractivity contribution in [1.29, 1.82) is 5.26 Å². The molecule has 0 aromatic heterocycles. The van der Waals surface area contributed by atoms with Gasteiger partial charge in [0.2, 0.25) is 0 Å². The first-order chi connectivity index (χ1) is 7.06. The van der Waals surface area contributed by atoms with Gasteiger partial charge in [-0.2, -0.15) is 5.26 Å². The molecule has 15 heavy (non-hydrogen) atoms. The zero-order valence-electron chi connectivity index (χ0n) is 8.08. The Labute approximate surface area is 90.5 Å². The van der Waals surface area contributed by atoms with Gasteiger partial charge in [-0.3, -0.25) is 4.21 Å². The molecule has 0 aliphatic heterocycles. The van der Waals surface area contributed by atoms with Crippen LogP contribution in [-0.4, -0.2) is 19.1 Å². The third-order valence-electron chi connectivity index (χ3n) is 2.13. The average molecular weight is 224 g/mol. The smallest absolute Gasteiger partial charge is 0.0991 e. The van der Waals surface area contributed by atoms with Crippen LogP contribution in [0.25, 0.3) is 0 Å². The lowest BCUT2D eigenvalue weighted by molar-refractivity contribution is 0.175. The summed E-state index contributed by atoms with van der Waals surface area (Å²) in [5.74, 6) is 0. The van der Waals surface area contributed by atoms with Crippen LogP contribution in [0, 0.1) is 11.3 Å². The monoisotopic (exact) mass is 224 g/mol. The minimum Gasteiger partial charge on any atom is -0.772 e. The predicted octanol–water partition coefficient (Wildman–Crippen LogP) is 0.859. The van der Waals surface area contributed by atoms with Gasteiger partial charge < -0.3 is 9.66 Å². The molecule has 1 aromatic rings. The van der Waals surface area contributed by atoms with E-state index in [-0.39, 0.29) is 0 Å². The van der Waals surface area contributed by atoms with Crippen molar-refractivity contribution >= 4 is 11.1 Å². The zero-order chi connectivity index (χ0) is 11.4. The third-order valence-corrected chi connectivity index (χ3v) is 2.99. The van der Waals surface area contributed by atoms with E-state index in [2.05, 4.69) is 0 Å². The van der Waals surface area contributed by atoms with Gasteiger partial charge in [0, 0.05) is 5.25 Å². The topological polar surface area (TPSA) is 84.1 Å². The molecule has 1 unspecified atom stereocenters. The summed E-state index contributed by atoms with van der Waals surface area (Å²) >= 11 is -2.31. The molecule has 0 saturated heterocycles. The molecule has 0 radical (unpaired) electrons. The largest absolute Gasteiger partial charge is 0.772 e. The first kappa shape index (κ1) is 11.9. The highest BCUT2D eigenvalue weighted by atomic mass is 32.2. The van der Waals surface area contributed by atoms with Crippen LogP contribution in [0.3, 0.4) is 0 Å². The zero-order valence-corrected chi connectivity index (χ0v) is 8.90. The Morgan fingerprint density at radius 1 is 1.47 bits per heavy atom. The summed E-state index contributed by atoms with van der Waals surface area (Å²) in [6.45, 7) is 1.42. The van der Waals surface area contributed by atoms with Crippen LogP contribution < -0.4 is 0 Å². The van der Waals surface area contributed by atoms with Crippen molar-refractivity contribution in [3.8, 4) is 6.07 Å². The number of nitrogens with zero attached hydrogens (tertiary/aromatic N) is 1. The molecule has 0 fully saturated rings. The van der Waals surface area contributed by atoms with E-state index in [4.69, 9.17) is 5.26 Å². The molecule has 5 heteroatoms. The van der Waals surface area contributed by atoms with E-state index in [0.717, 1.165) is 0 Å². The molecular weight excluding hydrogens is 214 g/mol. The molecule has 0 saturated carbocycles. The number of aliphatic hydroxyl groups excluding tert-OH is 1. The Morgan fingerprint density at radius 3 is 2.40 bits per heavy atom. The summed E-state index contributed by atoms with van der Waals surface area (Å²) in [5.41, 5.74) is 0.965. The van der Waals surface area contributed by atoms with Gasteiger partial charge in [-0.25, -0.2) is 0 Å². The van der Waals surface area contributed by atoms with Gasteiger partial charge in [-0.15, -0.1) is 0 Å². The Kier molecular flexibility index (Phi) is 3.97. The molecule has 0 amide bonds. The molecule has 1 N–H and O–H groups in total. The SMILES string of the molecule is C[C@H]([C@@H](O)c1ccc(C#N)cc1)S(=O)[O-]. The maximum Gasteiger partial charge on any atom is 0.0991 e. The van der Waals surface area contributed by atoms with E-state index in [1.807, 2.05) is 6.07 Å². The van der Waals surface area contributed by atoms with Gasteiger partial charge in [-0.05, 0) is 35.7 Å². The van der Waals surface area contributed by atoms with Crippen LogP contribution in [0.4, 0.5) is 0 Å². The summed E-state index contributed by atoms with van der Waals surface area (Å²) in [4.78, 5) is 0. The predicted molar refractivity (Wildman–Crippen MR) is 54.5 cm³/mol. The first-order valence-corrected chi connectivity index (χ1v) is 5.46. The Bertz CT molecular complexity index is 396. The normalized spacial score (nSPS) is 16.4. The van der Waals surface area contributed by atoms with E-state index in [0.29, 0.717) is 11.1 Å². The number of hydrogen-bond acceptors (Lipinski definition) is 4. The number of benzene rings is 1. The van der Waals surface area contributed by atoms with Crippen molar-refractivity contribution in [2.75, 3.05) is 0 Å². The summed E-state index contributed by atoms with van der Waals surface area (Å²) in [7, 11) is 0. The fraction of sp³-hybridized carbons (Fsp3) is 0.300. The van der Waals surface area contributed by atoms with Crippen molar-refractivity contribution in [2.45, 2.75) is 18.3 Å². The summed E-state index contributed by atoms with van der Waals surface area (Å²) in [5, 5.41) is 17.3. The van der Waals surface area contributed by atoms with Crippen molar-refractivity contribution in [2.24, 2.45) is 0 Å². The second kappa shape index (κ2) is 5.03. The van der Waals surface area contributed by atoms with Crippen molar-refractivity contribution in [3.05, 3.63) is 35.4 Å². The van der Waals surface area contributed by atoms with Crippen LogP contribution in [0.15, 0.2) is 24.3 Å². The lowest BCUT2D eigenvalue weighted by Gasteiger charge is -2.21. The quantitative estimate of drug-likeness (QED) is 0.772. The van der Waals surface area contributed by atoms with Crippen molar-refractivity contribution in [3.63, 3.8) is 0 Å². The third kappa shape index (κ3) is 2.86. The Morgan fingerprint density at radius 2 is 2.00 bits per heavy atom. The second-order valence-corrected chi connectivity index (χ2v) is 4.41. The maximum absolute atomic E-state index is 10.6. The van der Waals surface area contributed by atoms with Gasteiger partial charge in [0.25, 0.3) is 0 Å². The molecule has 80 valence electrons. The lowest BCUT2D eigenvalue weighted by atomic mass is 10.1. The van der Waals surface area contributed by atoms with E-state index >= 15 is 0 Å². The van der Waals surface area contributed by atoms with Gasteiger partial charge in [0.1, 0.15) is 0 Å². The van der Waals surface area contributed by atoms with Crippen LogP contribution >= 0.6 is 0 Å². The van der Waals surface area contributed by atoms with E-state index in [1.54, 1.807) is 24.3 Å². The van der Waals surface area contributed by atoms with E-state index in [9.17, 15) is 13.9 Å². The molecule has 0 aliphatic rings. The molecular formula is C10H10NO3S-. The standard InChI is InChI=1S/C10H11NO3S/c1-7(15(13)14)10(12)9-4-2-8(6-11)3-5-9/h2-5,7,10,12H,1H3,(H,13,14)/p-1/t7-,10-/m1/s1. The number of aliphatic hydroxyl groups is 1. The molecule has 0 aliphatic carbocycles. The second-order valence-electron chi connectivity index (χ2n) is 3.14. The van der Waals surface area contributed by atoms with E-state index in [1.165, 1.54) is 6.92 Å². The van der Waals surface area contributed by atoms with Gasteiger partial charge in [-0.1, -0.05) is 12.1 Å². The van der Waals surface area contributed by atoms with Crippen LogP contribution in [-0.2, 0) is 11.1 Å². The minimum atomic E-state index is -2.31. The fourth-order valence-electron chi connectivity index (χ4n) is 1.13. The fourth-order valence-corrected chi connectivity index (χ4v) is 1.50. The summed E-state index contributed by atoms with van der Waals surface area (Å²) < 4.78 is 21.2. The number of nitriles is 1. The summed E-state index contributed by atoms with van der Waals surface area (Å²) in [6.07, 6.45) is -1.06.